The van der Waals surface area contributed by atoms with Crippen molar-refractivity contribution < 1.29 is 4.74 Å². The van der Waals surface area contributed by atoms with Crippen LogP contribution >= 0.6 is 0 Å². The number of nitrogens with zero attached hydrogens (tertiary/aromatic N) is 2. The second-order valence-corrected chi connectivity index (χ2v) is 5.22. The molecule has 0 radical (unpaired) electrons. The minimum atomic E-state index is 0.160. The number of anilines is 1. The molecule has 0 amide bonds. The van der Waals surface area contributed by atoms with Gasteiger partial charge in [0.05, 0.1) is 6.10 Å². The van der Waals surface area contributed by atoms with E-state index >= 15 is 0 Å². The van der Waals surface area contributed by atoms with Gasteiger partial charge in [-0.1, -0.05) is 30.3 Å². The van der Waals surface area contributed by atoms with Crippen LogP contribution in [-0.4, -0.2) is 22.6 Å². The van der Waals surface area contributed by atoms with Crippen molar-refractivity contribution in [3.63, 3.8) is 0 Å². The summed E-state index contributed by atoms with van der Waals surface area (Å²) in [4.78, 5) is 8.61. The molecular weight excluding hydrogens is 250 g/mol. The van der Waals surface area contributed by atoms with Crippen molar-refractivity contribution in [3.05, 3.63) is 53.9 Å². The number of rotatable bonds is 3. The zero-order valence-electron chi connectivity index (χ0n) is 11.6. The predicted octanol–water partition coefficient (Wildman–Crippen LogP) is 3.12. The molecule has 0 aliphatic carbocycles. The Hall–Kier alpha value is -1.94. The molecule has 2 atom stereocenters. The monoisotopic (exact) mass is 269 g/mol. The highest BCUT2D eigenvalue weighted by molar-refractivity contribution is 5.27. The molecule has 1 aromatic carbocycles. The van der Waals surface area contributed by atoms with Crippen molar-refractivity contribution in [1.82, 2.24) is 9.97 Å². The smallest absolute Gasteiger partial charge is 0.222 e. The summed E-state index contributed by atoms with van der Waals surface area (Å²) in [7, 11) is 0. The van der Waals surface area contributed by atoms with Crippen LogP contribution in [0.3, 0.4) is 0 Å². The van der Waals surface area contributed by atoms with E-state index in [1.165, 1.54) is 5.56 Å². The maximum Gasteiger partial charge on any atom is 0.222 e. The van der Waals surface area contributed by atoms with Gasteiger partial charge < -0.3 is 10.1 Å². The Morgan fingerprint density at radius 3 is 2.65 bits per heavy atom. The van der Waals surface area contributed by atoms with Gasteiger partial charge in [0, 0.05) is 25.0 Å². The average Bonchev–Trinajstić information content (AvgIpc) is 2.51. The standard InChI is InChI=1S/C16H19N3O/c1-12-10-17-16(18-11-12)19-14-7-8-20-15(9-14)13-5-3-2-4-6-13/h2-6,10-11,14-15H,7-9H2,1H3,(H,17,18,19). The second kappa shape index (κ2) is 6.01. The number of aromatic nitrogens is 2. The number of ether oxygens (including phenoxy) is 1. The fraction of sp³-hybridized carbons (Fsp3) is 0.375. The van der Waals surface area contributed by atoms with E-state index in [9.17, 15) is 0 Å². The van der Waals surface area contributed by atoms with Gasteiger partial charge in [0.25, 0.3) is 0 Å². The summed E-state index contributed by atoms with van der Waals surface area (Å²) in [5, 5.41) is 3.41. The van der Waals surface area contributed by atoms with Gasteiger partial charge in [0.1, 0.15) is 0 Å². The summed E-state index contributed by atoms with van der Waals surface area (Å²) in [5.41, 5.74) is 2.31. The predicted molar refractivity (Wildman–Crippen MR) is 78.5 cm³/mol. The summed E-state index contributed by atoms with van der Waals surface area (Å²) in [6, 6.07) is 10.7. The summed E-state index contributed by atoms with van der Waals surface area (Å²) >= 11 is 0. The first-order chi connectivity index (χ1) is 9.81. The largest absolute Gasteiger partial charge is 0.373 e. The first kappa shape index (κ1) is 13.1. The zero-order valence-corrected chi connectivity index (χ0v) is 11.6. The number of benzene rings is 1. The van der Waals surface area contributed by atoms with Crippen LogP contribution < -0.4 is 5.32 Å². The highest BCUT2D eigenvalue weighted by Gasteiger charge is 2.24. The van der Waals surface area contributed by atoms with Crippen molar-refractivity contribution >= 4 is 5.95 Å². The maximum atomic E-state index is 5.87. The van der Waals surface area contributed by atoms with Crippen LogP contribution in [0.2, 0.25) is 0 Å². The van der Waals surface area contributed by atoms with Gasteiger partial charge in [0.2, 0.25) is 5.95 Å². The van der Waals surface area contributed by atoms with Crippen LogP contribution in [0, 0.1) is 6.92 Å². The van der Waals surface area contributed by atoms with Gasteiger partial charge in [-0.3, -0.25) is 0 Å². The van der Waals surface area contributed by atoms with E-state index in [-0.39, 0.29) is 6.10 Å². The van der Waals surface area contributed by atoms with Crippen molar-refractivity contribution in [2.24, 2.45) is 0 Å². The molecule has 104 valence electrons. The van der Waals surface area contributed by atoms with Gasteiger partial charge in [-0.15, -0.1) is 0 Å². The molecule has 0 spiro atoms. The van der Waals surface area contributed by atoms with Gasteiger partial charge in [-0.05, 0) is 30.9 Å². The van der Waals surface area contributed by atoms with E-state index in [0.29, 0.717) is 12.0 Å². The molecule has 20 heavy (non-hydrogen) atoms. The third-order valence-corrected chi connectivity index (χ3v) is 3.57. The molecule has 4 heteroatoms. The normalized spacial score (nSPS) is 22.4. The molecule has 1 aromatic heterocycles. The minimum absolute atomic E-state index is 0.160. The molecule has 2 unspecified atom stereocenters. The molecule has 0 bridgehead atoms. The molecule has 0 saturated carbocycles. The Morgan fingerprint density at radius 2 is 1.90 bits per heavy atom. The SMILES string of the molecule is Cc1cnc(NC2CCOC(c3ccccc3)C2)nc1. The maximum absolute atomic E-state index is 5.87. The summed E-state index contributed by atoms with van der Waals surface area (Å²) in [5.74, 6) is 0.703. The summed E-state index contributed by atoms with van der Waals surface area (Å²) < 4.78 is 5.87. The second-order valence-electron chi connectivity index (χ2n) is 5.22. The number of hydrogen-bond acceptors (Lipinski definition) is 4. The van der Waals surface area contributed by atoms with Crippen molar-refractivity contribution in [2.45, 2.75) is 31.9 Å². The van der Waals surface area contributed by atoms with E-state index in [2.05, 4.69) is 39.6 Å². The average molecular weight is 269 g/mol. The zero-order chi connectivity index (χ0) is 13.8. The van der Waals surface area contributed by atoms with Crippen LogP contribution in [0.25, 0.3) is 0 Å². The Labute approximate surface area is 119 Å². The lowest BCUT2D eigenvalue weighted by atomic mass is 9.97. The summed E-state index contributed by atoms with van der Waals surface area (Å²) in [6.07, 6.45) is 5.77. The molecule has 1 fully saturated rings. The molecule has 1 aliphatic rings. The van der Waals surface area contributed by atoms with Gasteiger partial charge in [-0.25, -0.2) is 9.97 Å². The number of aryl methyl sites for hydroxylation is 1. The van der Waals surface area contributed by atoms with Gasteiger partial charge in [-0.2, -0.15) is 0 Å². The highest BCUT2D eigenvalue weighted by Crippen LogP contribution is 2.28. The Kier molecular flexibility index (Phi) is 3.92. The lowest BCUT2D eigenvalue weighted by Crippen LogP contribution is -2.30. The Morgan fingerprint density at radius 1 is 1.15 bits per heavy atom. The molecule has 2 heterocycles. The van der Waals surface area contributed by atoms with Crippen LogP contribution in [0.4, 0.5) is 5.95 Å². The number of nitrogens with one attached hydrogen (secondary N) is 1. The Balaban J connectivity index is 1.65. The molecule has 1 aliphatic heterocycles. The molecule has 4 nitrogen and oxygen atoms in total. The van der Waals surface area contributed by atoms with E-state index < -0.39 is 0 Å². The van der Waals surface area contributed by atoms with Crippen LogP contribution in [0.1, 0.15) is 30.1 Å². The van der Waals surface area contributed by atoms with E-state index in [4.69, 9.17) is 4.74 Å². The topological polar surface area (TPSA) is 47.0 Å². The van der Waals surface area contributed by atoms with Crippen LogP contribution in [-0.2, 0) is 4.74 Å². The summed E-state index contributed by atoms with van der Waals surface area (Å²) in [6.45, 7) is 2.76. The van der Waals surface area contributed by atoms with Crippen LogP contribution in [0.15, 0.2) is 42.7 Å². The molecule has 2 aromatic rings. The van der Waals surface area contributed by atoms with Gasteiger partial charge >= 0.3 is 0 Å². The first-order valence-electron chi connectivity index (χ1n) is 7.03. The molecule has 1 N–H and O–H groups in total. The minimum Gasteiger partial charge on any atom is -0.373 e. The quantitative estimate of drug-likeness (QED) is 0.930. The highest BCUT2D eigenvalue weighted by atomic mass is 16.5. The van der Waals surface area contributed by atoms with Crippen molar-refractivity contribution in [2.75, 3.05) is 11.9 Å². The third kappa shape index (κ3) is 3.14. The fourth-order valence-electron chi connectivity index (χ4n) is 2.48. The first-order valence-corrected chi connectivity index (χ1v) is 7.03. The van der Waals surface area contributed by atoms with Gasteiger partial charge in [0.15, 0.2) is 0 Å². The van der Waals surface area contributed by atoms with E-state index in [0.717, 1.165) is 25.0 Å². The third-order valence-electron chi connectivity index (χ3n) is 3.57. The molecular formula is C16H19N3O. The van der Waals surface area contributed by atoms with Crippen LogP contribution in [0.5, 0.6) is 0 Å². The van der Waals surface area contributed by atoms with Crippen molar-refractivity contribution in [1.29, 1.82) is 0 Å². The number of hydrogen-bond donors (Lipinski definition) is 1. The lowest BCUT2D eigenvalue weighted by molar-refractivity contribution is 0.00969. The van der Waals surface area contributed by atoms with E-state index in [1.54, 1.807) is 0 Å². The fourth-order valence-corrected chi connectivity index (χ4v) is 2.48. The lowest BCUT2D eigenvalue weighted by Gasteiger charge is -2.30. The molecule has 3 rings (SSSR count). The van der Waals surface area contributed by atoms with Crippen molar-refractivity contribution in [3.8, 4) is 0 Å². The Bertz CT molecular complexity index is 541. The molecule has 1 saturated heterocycles. The van der Waals surface area contributed by atoms with E-state index in [1.807, 2.05) is 25.4 Å².